The van der Waals surface area contributed by atoms with E-state index >= 15 is 0 Å². The van der Waals surface area contributed by atoms with Crippen molar-refractivity contribution in [2.45, 2.75) is 13.1 Å². The Hall–Kier alpha value is -2.41. The number of amidine groups is 1. The minimum absolute atomic E-state index is 0.0204. The average Bonchev–Trinajstić information content (AvgIpc) is 2.96. The molecular weight excluding hydrogens is 244 g/mol. The van der Waals surface area contributed by atoms with Crippen LogP contribution in [-0.4, -0.2) is 32.1 Å². The van der Waals surface area contributed by atoms with E-state index in [-0.39, 0.29) is 5.84 Å². The summed E-state index contributed by atoms with van der Waals surface area (Å²) in [5.41, 5.74) is 6.97. The van der Waals surface area contributed by atoms with Crippen LogP contribution >= 0.6 is 0 Å². The first kappa shape index (κ1) is 13.0. The van der Waals surface area contributed by atoms with Gasteiger partial charge in [0.2, 0.25) is 0 Å². The van der Waals surface area contributed by atoms with Crippen LogP contribution in [0.3, 0.4) is 0 Å². The van der Waals surface area contributed by atoms with Crippen LogP contribution in [0.15, 0.2) is 42.2 Å². The monoisotopic (exact) mass is 260 g/mol. The minimum Gasteiger partial charge on any atom is -0.409 e. The van der Waals surface area contributed by atoms with Crippen LogP contribution in [0.4, 0.5) is 0 Å². The minimum atomic E-state index is 0.0204. The molecule has 2 aromatic heterocycles. The molecular formula is C12H16N6O. The van der Waals surface area contributed by atoms with Crippen LogP contribution in [0, 0.1) is 0 Å². The molecule has 0 aliphatic carbocycles. The van der Waals surface area contributed by atoms with Crippen molar-refractivity contribution in [3.05, 3.63) is 48.3 Å². The summed E-state index contributed by atoms with van der Waals surface area (Å²) in [4.78, 5) is 8.08. The summed E-state index contributed by atoms with van der Waals surface area (Å²) in [7, 11) is 0. The van der Waals surface area contributed by atoms with Crippen LogP contribution in [0.5, 0.6) is 0 Å². The van der Waals surface area contributed by atoms with Gasteiger partial charge in [-0.25, -0.2) is 4.98 Å². The number of hydrogen-bond donors (Lipinski definition) is 3. The number of hydrogen-bond acceptors (Lipinski definition) is 5. The highest BCUT2D eigenvalue weighted by Crippen LogP contribution is 2.04. The molecule has 2 heterocycles. The fraction of sp³-hybridized carbons (Fsp3) is 0.250. The van der Waals surface area contributed by atoms with Crippen LogP contribution in [0.25, 0.3) is 0 Å². The lowest BCUT2D eigenvalue weighted by atomic mass is 10.2. The van der Waals surface area contributed by atoms with E-state index < -0.39 is 0 Å². The Balaban J connectivity index is 1.89. The summed E-state index contributed by atoms with van der Waals surface area (Å²) in [5, 5.41) is 15.0. The number of imidazole rings is 1. The first-order valence-corrected chi connectivity index (χ1v) is 5.89. The Morgan fingerprint density at radius 1 is 1.47 bits per heavy atom. The van der Waals surface area contributed by atoms with E-state index in [2.05, 4.69) is 20.4 Å². The van der Waals surface area contributed by atoms with Gasteiger partial charge in [0.1, 0.15) is 5.69 Å². The van der Waals surface area contributed by atoms with Crippen molar-refractivity contribution in [2.24, 2.45) is 10.9 Å². The molecule has 4 N–H and O–H groups in total. The summed E-state index contributed by atoms with van der Waals surface area (Å²) < 4.78 is 1.99. The van der Waals surface area contributed by atoms with E-state index in [1.165, 1.54) is 0 Å². The van der Waals surface area contributed by atoms with Gasteiger partial charge in [0.25, 0.3) is 0 Å². The van der Waals surface area contributed by atoms with Crippen LogP contribution in [-0.2, 0) is 13.1 Å². The molecule has 2 rings (SSSR count). The fourth-order valence-electron chi connectivity index (χ4n) is 1.71. The zero-order valence-electron chi connectivity index (χ0n) is 10.4. The molecule has 0 saturated heterocycles. The van der Waals surface area contributed by atoms with E-state index in [0.29, 0.717) is 12.2 Å². The Kier molecular flexibility index (Phi) is 4.46. The van der Waals surface area contributed by atoms with E-state index in [1.54, 1.807) is 18.7 Å². The van der Waals surface area contributed by atoms with Crippen molar-refractivity contribution < 1.29 is 5.21 Å². The van der Waals surface area contributed by atoms with Gasteiger partial charge in [-0.3, -0.25) is 4.98 Å². The maximum atomic E-state index is 8.70. The van der Waals surface area contributed by atoms with Crippen molar-refractivity contribution in [2.75, 3.05) is 6.54 Å². The molecule has 0 bridgehead atoms. The molecule has 0 unspecified atom stereocenters. The molecule has 0 radical (unpaired) electrons. The number of rotatable bonds is 6. The van der Waals surface area contributed by atoms with Crippen molar-refractivity contribution in [1.82, 2.24) is 19.9 Å². The number of nitrogens with zero attached hydrogens (tertiary/aromatic N) is 4. The van der Waals surface area contributed by atoms with Crippen molar-refractivity contribution in [3.63, 3.8) is 0 Å². The third kappa shape index (κ3) is 3.52. The van der Waals surface area contributed by atoms with Gasteiger partial charge in [0, 0.05) is 38.2 Å². The molecule has 2 aromatic rings. The Morgan fingerprint density at radius 3 is 3.11 bits per heavy atom. The number of pyridine rings is 1. The molecule has 0 aromatic carbocycles. The van der Waals surface area contributed by atoms with Gasteiger partial charge >= 0.3 is 0 Å². The van der Waals surface area contributed by atoms with Crippen LogP contribution in [0.1, 0.15) is 11.3 Å². The summed E-state index contributed by atoms with van der Waals surface area (Å²) >= 11 is 0. The largest absolute Gasteiger partial charge is 0.409 e. The van der Waals surface area contributed by atoms with E-state index in [0.717, 1.165) is 18.7 Å². The molecule has 0 amide bonds. The SMILES string of the molecule is NC(=NO)c1ncccc1CNCCn1ccnc1. The highest BCUT2D eigenvalue weighted by Gasteiger charge is 2.07. The molecule has 7 heteroatoms. The maximum absolute atomic E-state index is 8.70. The van der Waals surface area contributed by atoms with E-state index in [1.807, 2.05) is 22.9 Å². The second-order valence-corrected chi connectivity index (χ2v) is 3.97. The number of aromatic nitrogens is 3. The lowest BCUT2D eigenvalue weighted by Crippen LogP contribution is -2.23. The number of nitrogens with two attached hydrogens (primary N) is 1. The van der Waals surface area contributed by atoms with Gasteiger partial charge in [0.05, 0.1) is 6.33 Å². The normalized spacial score (nSPS) is 11.7. The molecule has 0 atom stereocenters. The quantitative estimate of drug-likeness (QED) is 0.226. The molecule has 0 aliphatic heterocycles. The Labute approximate surface area is 110 Å². The van der Waals surface area contributed by atoms with Gasteiger partial charge in [0.15, 0.2) is 5.84 Å². The standard InChI is InChI=1S/C12H16N6O/c13-12(17-19)11-10(2-1-3-16-11)8-14-4-6-18-7-5-15-9-18/h1-3,5,7,9,14,19H,4,6,8H2,(H2,13,17). The predicted octanol–water partition coefficient (Wildman–Crippen LogP) is 0.162. The van der Waals surface area contributed by atoms with Crippen molar-refractivity contribution in [3.8, 4) is 0 Å². The third-order valence-corrected chi connectivity index (χ3v) is 2.66. The Morgan fingerprint density at radius 2 is 2.37 bits per heavy atom. The molecule has 0 fully saturated rings. The smallest absolute Gasteiger partial charge is 0.189 e. The van der Waals surface area contributed by atoms with Gasteiger partial charge < -0.3 is 20.8 Å². The van der Waals surface area contributed by atoms with Gasteiger partial charge in [-0.15, -0.1) is 0 Å². The summed E-state index contributed by atoms with van der Waals surface area (Å²) in [6, 6.07) is 3.71. The fourth-order valence-corrected chi connectivity index (χ4v) is 1.71. The summed E-state index contributed by atoms with van der Waals surface area (Å²) in [5.74, 6) is 0.0204. The summed E-state index contributed by atoms with van der Waals surface area (Å²) in [6.07, 6.45) is 7.04. The topological polar surface area (TPSA) is 101 Å². The van der Waals surface area contributed by atoms with E-state index in [9.17, 15) is 0 Å². The number of oxime groups is 1. The third-order valence-electron chi connectivity index (χ3n) is 2.66. The molecule has 0 saturated carbocycles. The predicted molar refractivity (Wildman–Crippen MR) is 70.7 cm³/mol. The second-order valence-electron chi connectivity index (χ2n) is 3.97. The Bertz CT molecular complexity index is 537. The van der Waals surface area contributed by atoms with Gasteiger partial charge in [-0.2, -0.15) is 0 Å². The second kappa shape index (κ2) is 6.50. The molecule has 7 nitrogen and oxygen atoms in total. The molecule has 19 heavy (non-hydrogen) atoms. The van der Waals surface area contributed by atoms with Crippen molar-refractivity contribution in [1.29, 1.82) is 0 Å². The summed E-state index contributed by atoms with van der Waals surface area (Å²) in [6.45, 7) is 2.23. The average molecular weight is 260 g/mol. The molecule has 0 aliphatic rings. The first-order chi connectivity index (χ1) is 9.31. The highest BCUT2D eigenvalue weighted by molar-refractivity contribution is 5.96. The number of nitrogens with one attached hydrogen (secondary N) is 1. The van der Waals surface area contributed by atoms with Gasteiger partial charge in [-0.1, -0.05) is 11.2 Å². The first-order valence-electron chi connectivity index (χ1n) is 5.89. The lowest BCUT2D eigenvalue weighted by Gasteiger charge is -2.08. The van der Waals surface area contributed by atoms with Crippen LogP contribution < -0.4 is 11.1 Å². The van der Waals surface area contributed by atoms with Crippen LogP contribution in [0.2, 0.25) is 0 Å². The lowest BCUT2D eigenvalue weighted by molar-refractivity contribution is 0.318. The highest BCUT2D eigenvalue weighted by atomic mass is 16.4. The van der Waals surface area contributed by atoms with Gasteiger partial charge in [-0.05, 0) is 11.6 Å². The zero-order chi connectivity index (χ0) is 13.5. The zero-order valence-corrected chi connectivity index (χ0v) is 10.4. The maximum Gasteiger partial charge on any atom is 0.189 e. The van der Waals surface area contributed by atoms with Crippen molar-refractivity contribution >= 4 is 5.84 Å². The molecule has 100 valence electrons. The van der Waals surface area contributed by atoms with E-state index in [4.69, 9.17) is 10.9 Å². The molecule has 0 spiro atoms.